The SMILES string of the molecule is Cc1ccc(Cl)cc1N1CC(CO)NCC1C. The molecule has 0 radical (unpaired) electrons. The van der Waals surface area contributed by atoms with E-state index in [0.717, 1.165) is 18.1 Å². The number of rotatable bonds is 2. The topological polar surface area (TPSA) is 35.5 Å². The fourth-order valence-electron chi connectivity index (χ4n) is 2.28. The third kappa shape index (κ3) is 2.73. The molecule has 2 rings (SSSR count). The van der Waals surface area contributed by atoms with E-state index in [4.69, 9.17) is 11.6 Å². The van der Waals surface area contributed by atoms with Crippen molar-refractivity contribution in [2.24, 2.45) is 0 Å². The molecule has 1 heterocycles. The van der Waals surface area contributed by atoms with Crippen LogP contribution in [0.2, 0.25) is 5.02 Å². The highest BCUT2D eigenvalue weighted by molar-refractivity contribution is 6.30. The summed E-state index contributed by atoms with van der Waals surface area (Å²) in [5, 5.41) is 13.3. The van der Waals surface area contributed by atoms with Crippen molar-refractivity contribution in [1.29, 1.82) is 0 Å². The highest BCUT2D eigenvalue weighted by Crippen LogP contribution is 2.27. The van der Waals surface area contributed by atoms with Crippen LogP contribution in [0.5, 0.6) is 0 Å². The molecule has 0 saturated carbocycles. The highest BCUT2D eigenvalue weighted by Gasteiger charge is 2.25. The van der Waals surface area contributed by atoms with Gasteiger partial charge in [0.15, 0.2) is 0 Å². The van der Waals surface area contributed by atoms with Gasteiger partial charge in [-0.2, -0.15) is 0 Å². The summed E-state index contributed by atoms with van der Waals surface area (Å²) in [7, 11) is 0. The monoisotopic (exact) mass is 254 g/mol. The molecule has 1 fully saturated rings. The molecule has 3 nitrogen and oxygen atoms in total. The Morgan fingerprint density at radius 2 is 2.29 bits per heavy atom. The van der Waals surface area contributed by atoms with Crippen molar-refractivity contribution in [3.05, 3.63) is 28.8 Å². The summed E-state index contributed by atoms with van der Waals surface area (Å²) in [5.41, 5.74) is 2.39. The summed E-state index contributed by atoms with van der Waals surface area (Å²) in [5.74, 6) is 0. The minimum atomic E-state index is 0.143. The molecule has 2 atom stereocenters. The molecule has 0 aliphatic carbocycles. The van der Waals surface area contributed by atoms with Crippen LogP contribution in [0.1, 0.15) is 12.5 Å². The molecule has 2 unspecified atom stereocenters. The number of piperazine rings is 1. The summed E-state index contributed by atoms with van der Waals surface area (Å²) in [6.07, 6.45) is 0. The lowest BCUT2D eigenvalue weighted by Gasteiger charge is -2.40. The Kier molecular flexibility index (Phi) is 3.92. The van der Waals surface area contributed by atoms with Crippen molar-refractivity contribution in [2.75, 3.05) is 24.6 Å². The second-order valence-electron chi connectivity index (χ2n) is 4.72. The Balaban J connectivity index is 2.27. The van der Waals surface area contributed by atoms with Crippen molar-refractivity contribution in [3.8, 4) is 0 Å². The van der Waals surface area contributed by atoms with Gasteiger partial charge in [0.2, 0.25) is 0 Å². The molecule has 1 aliphatic heterocycles. The van der Waals surface area contributed by atoms with Gasteiger partial charge in [0, 0.05) is 35.9 Å². The number of halogens is 1. The number of nitrogens with one attached hydrogen (secondary N) is 1. The standard InChI is InChI=1S/C13H19ClN2O/c1-9-3-4-11(14)5-13(9)16-7-12(8-17)15-6-10(16)2/h3-5,10,12,15,17H,6-8H2,1-2H3. The van der Waals surface area contributed by atoms with Gasteiger partial charge in [-0.15, -0.1) is 0 Å². The van der Waals surface area contributed by atoms with Crippen LogP contribution in [0.4, 0.5) is 5.69 Å². The third-order valence-electron chi connectivity index (χ3n) is 3.35. The first-order valence-corrected chi connectivity index (χ1v) is 6.36. The zero-order valence-electron chi connectivity index (χ0n) is 10.3. The molecule has 94 valence electrons. The Morgan fingerprint density at radius 3 is 3.00 bits per heavy atom. The van der Waals surface area contributed by atoms with E-state index in [1.165, 1.54) is 11.3 Å². The van der Waals surface area contributed by atoms with Crippen LogP contribution in [0.25, 0.3) is 0 Å². The van der Waals surface area contributed by atoms with Gasteiger partial charge in [-0.25, -0.2) is 0 Å². The summed E-state index contributed by atoms with van der Waals surface area (Å²) in [4.78, 5) is 2.32. The van der Waals surface area contributed by atoms with Crippen LogP contribution in [-0.4, -0.2) is 36.9 Å². The Morgan fingerprint density at radius 1 is 1.53 bits per heavy atom. The molecule has 0 aromatic heterocycles. The van der Waals surface area contributed by atoms with Crippen molar-refractivity contribution in [3.63, 3.8) is 0 Å². The molecular formula is C13H19ClN2O. The molecule has 1 aromatic carbocycles. The fraction of sp³-hybridized carbons (Fsp3) is 0.538. The van der Waals surface area contributed by atoms with Crippen molar-refractivity contribution >= 4 is 17.3 Å². The van der Waals surface area contributed by atoms with Gasteiger partial charge in [-0.3, -0.25) is 0 Å². The van der Waals surface area contributed by atoms with E-state index in [1.54, 1.807) is 0 Å². The van der Waals surface area contributed by atoms with E-state index in [1.807, 2.05) is 18.2 Å². The summed E-state index contributed by atoms with van der Waals surface area (Å²) in [6.45, 7) is 6.15. The first kappa shape index (κ1) is 12.7. The predicted octanol–water partition coefficient (Wildman–Crippen LogP) is 1.81. The van der Waals surface area contributed by atoms with E-state index in [-0.39, 0.29) is 12.6 Å². The second kappa shape index (κ2) is 5.25. The van der Waals surface area contributed by atoms with E-state index in [2.05, 4.69) is 24.1 Å². The van der Waals surface area contributed by atoms with Gasteiger partial charge < -0.3 is 15.3 Å². The maximum atomic E-state index is 9.25. The van der Waals surface area contributed by atoms with Gasteiger partial charge >= 0.3 is 0 Å². The van der Waals surface area contributed by atoms with E-state index in [0.29, 0.717) is 6.04 Å². The Bertz CT molecular complexity index is 397. The van der Waals surface area contributed by atoms with Crippen LogP contribution in [0, 0.1) is 6.92 Å². The average Bonchev–Trinajstić information content (AvgIpc) is 2.33. The van der Waals surface area contributed by atoms with E-state index in [9.17, 15) is 5.11 Å². The quantitative estimate of drug-likeness (QED) is 0.845. The molecule has 1 saturated heterocycles. The van der Waals surface area contributed by atoms with Crippen molar-refractivity contribution < 1.29 is 5.11 Å². The normalized spacial score (nSPS) is 25.1. The first-order valence-electron chi connectivity index (χ1n) is 5.99. The third-order valence-corrected chi connectivity index (χ3v) is 3.59. The molecule has 2 N–H and O–H groups in total. The maximum Gasteiger partial charge on any atom is 0.0601 e. The number of aryl methyl sites for hydroxylation is 1. The molecule has 1 aliphatic rings. The van der Waals surface area contributed by atoms with Crippen LogP contribution < -0.4 is 10.2 Å². The lowest BCUT2D eigenvalue weighted by Crippen LogP contribution is -2.57. The van der Waals surface area contributed by atoms with Crippen molar-refractivity contribution in [1.82, 2.24) is 5.32 Å². The van der Waals surface area contributed by atoms with Gasteiger partial charge in [0.1, 0.15) is 0 Å². The molecule has 4 heteroatoms. The molecule has 1 aromatic rings. The maximum absolute atomic E-state index is 9.25. The van der Waals surface area contributed by atoms with E-state index < -0.39 is 0 Å². The largest absolute Gasteiger partial charge is 0.395 e. The van der Waals surface area contributed by atoms with Gasteiger partial charge in [-0.05, 0) is 31.5 Å². The smallest absolute Gasteiger partial charge is 0.0601 e. The van der Waals surface area contributed by atoms with Crippen LogP contribution in [-0.2, 0) is 0 Å². The van der Waals surface area contributed by atoms with Crippen molar-refractivity contribution in [2.45, 2.75) is 25.9 Å². The molecule has 0 amide bonds. The minimum absolute atomic E-state index is 0.143. The zero-order chi connectivity index (χ0) is 12.4. The molecule has 17 heavy (non-hydrogen) atoms. The number of nitrogens with zero attached hydrogens (tertiary/aromatic N) is 1. The second-order valence-corrected chi connectivity index (χ2v) is 5.16. The fourth-order valence-corrected chi connectivity index (χ4v) is 2.45. The number of aliphatic hydroxyl groups excluding tert-OH is 1. The molecule has 0 bridgehead atoms. The number of benzene rings is 1. The lowest BCUT2D eigenvalue weighted by atomic mass is 10.1. The van der Waals surface area contributed by atoms with Crippen LogP contribution in [0.3, 0.4) is 0 Å². The number of hydrogen-bond acceptors (Lipinski definition) is 3. The number of hydrogen-bond donors (Lipinski definition) is 2. The van der Waals surface area contributed by atoms with Crippen LogP contribution >= 0.6 is 11.6 Å². The average molecular weight is 255 g/mol. The number of aliphatic hydroxyl groups is 1. The lowest BCUT2D eigenvalue weighted by molar-refractivity contribution is 0.227. The molecule has 0 spiro atoms. The minimum Gasteiger partial charge on any atom is -0.395 e. The summed E-state index contributed by atoms with van der Waals surface area (Å²) >= 11 is 6.06. The van der Waals surface area contributed by atoms with E-state index >= 15 is 0 Å². The highest BCUT2D eigenvalue weighted by atomic mass is 35.5. The number of anilines is 1. The van der Waals surface area contributed by atoms with Gasteiger partial charge in [0.05, 0.1) is 6.61 Å². The summed E-state index contributed by atoms with van der Waals surface area (Å²) in [6, 6.07) is 6.52. The first-order chi connectivity index (χ1) is 8.11. The van der Waals surface area contributed by atoms with Gasteiger partial charge in [-0.1, -0.05) is 17.7 Å². The zero-order valence-corrected chi connectivity index (χ0v) is 11.0. The van der Waals surface area contributed by atoms with Gasteiger partial charge in [0.25, 0.3) is 0 Å². The van der Waals surface area contributed by atoms with Crippen LogP contribution in [0.15, 0.2) is 18.2 Å². The Hall–Kier alpha value is -0.770. The Labute approximate surface area is 107 Å². The molecular weight excluding hydrogens is 236 g/mol. The predicted molar refractivity (Wildman–Crippen MR) is 71.9 cm³/mol. The summed E-state index contributed by atoms with van der Waals surface area (Å²) < 4.78 is 0.